The fraction of sp³-hybridized carbons (Fsp3) is 0.214. The summed E-state index contributed by atoms with van der Waals surface area (Å²) in [5.41, 5.74) is 0.773. The van der Waals surface area contributed by atoms with Gasteiger partial charge in [0.1, 0.15) is 5.56 Å². The van der Waals surface area contributed by atoms with Gasteiger partial charge in [-0.2, -0.15) is 0 Å². The van der Waals surface area contributed by atoms with Crippen molar-refractivity contribution in [1.82, 2.24) is 10.5 Å². The number of carboxylic acids is 1. The standard InChI is InChI=1S/C14H14ClN3O4/c1-7-11(13(19)20)12(22-18-7)8(2)16-14(21)17-10-5-3-9(15)4-6-10/h3-6,8H,1-2H3,(H,19,20)(H2,16,17,21). The van der Waals surface area contributed by atoms with E-state index >= 15 is 0 Å². The average Bonchev–Trinajstić information content (AvgIpc) is 2.83. The Kier molecular flexibility index (Phi) is 4.67. The molecule has 0 bridgehead atoms. The van der Waals surface area contributed by atoms with Crippen LogP contribution in [0.3, 0.4) is 0 Å². The molecule has 2 aromatic rings. The van der Waals surface area contributed by atoms with Crippen LogP contribution in [0.25, 0.3) is 0 Å². The number of nitrogens with one attached hydrogen (secondary N) is 2. The van der Waals surface area contributed by atoms with Gasteiger partial charge < -0.3 is 20.3 Å². The first-order chi connectivity index (χ1) is 10.4. The summed E-state index contributed by atoms with van der Waals surface area (Å²) in [6, 6.07) is 5.42. The van der Waals surface area contributed by atoms with Gasteiger partial charge in [0.25, 0.3) is 0 Å². The lowest BCUT2D eigenvalue weighted by Gasteiger charge is -2.13. The molecule has 0 saturated carbocycles. The van der Waals surface area contributed by atoms with Crippen LogP contribution in [0.2, 0.25) is 5.02 Å². The maximum Gasteiger partial charge on any atom is 0.341 e. The molecular formula is C14H14ClN3O4. The summed E-state index contributed by atoms with van der Waals surface area (Å²) >= 11 is 5.76. The number of nitrogens with zero attached hydrogens (tertiary/aromatic N) is 1. The van der Waals surface area contributed by atoms with Crippen LogP contribution in [0.15, 0.2) is 28.8 Å². The van der Waals surface area contributed by atoms with Crippen molar-refractivity contribution in [3.63, 3.8) is 0 Å². The van der Waals surface area contributed by atoms with E-state index in [0.717, 1.165) is 0 Å². The molecule has 0 fully saturated rings. The summed E-state index contributed by atoms with van der Waals surface area (Å²) < 4.78 is 4.99. The predicted octanol–water partition coefficient (Wildman–Crippen LogP) is 3.22. The number of aryl methyl sites for hydroxylation is 1. The summed E-state index contributed by atoms with van der Waals surface area (Å²) in [5.74, 6) is -1.06. The Morgan fingerprint density at radius 2 is 1.95 bits per heavy atom. The van der Waals surface area contributed by atoms with Crippen LogP contribution in [0.4, 0.5) is 10.5 Å². The Balaban J connectivity index is 2.05. The van der Waals surface area contributed by atoms with Gasteiger partial charge in [0, 0.05) is 10.7 Å². The van der Waals surface area contributed by atoms with Crippen LogP contribution in [0, 0.1) is 6.92 Å². The minimum atomic E-state index is -1.15. The van der Waals surface area contributed by atoms with Crippen LogP contribution in [0.5, 0.6) is 0 Å². The normalized spacial score (nSPS) is 11.8. The molecule has 1 atom stereocenters. The lowest BCUT2D eigenvalue weighted by molar-refractivity contribution is 0.0692. The Morgan fingerprint density at radius 3 is 2.55 bits per heavy atom. The van der Waals surface area contributed by atoms with Crippen LogP contribution in [-0.2, 0) is 0 Å². The molecular weight excluding hydrogens is 310 g/mol. The second-order valence-corrected chi connectivity index (χ2v) is 5.08. The maximum atomic E-state index is 11.9. The summed E-state index contributed by atoms with van der Waals surface area (Å²) in [7, 11) is 0. The zero-order valence-corrected chi connectivity index (χ0v) is 12.6. The molecule has 0 aliphatic heterocycles. The third kappa shape index (κ3) is 3.56. The summed E-state index contributed by atoms with van der Waals surface area (Å²) in [4.78, 5) is 23.1. The minimum absolute atomic E-state index is 0.0423. The van der Waals surface area contributed by atoms with Crippen molar-refractivity contribution in [1.29, 1.82) is 0 Å². The summed E-state index contributed by atoms with van der Waals surface area (Å²) in [5, 5.41) is 18.5. The highest BCUT2D eigenvalue weighted by atomic mass is 35.5. The largest absolute Gasteiger partial charge is 0.477 e. The molecule has 2 amide bonds. The van der Waals surface area contributed by atoms with E-state index in [-0.39, 0.29) is 17.0 Å². The van der Waals surface area contributed by atoms with Gasteiger partial charge in [-0.1, -0.05) is 16.8 Å². The Bertz CT molecular complexity index is 697. The molecule has 1 aromatic heterocycles. The number of rotatable bonds is 4. The van der Waals surface area contributed by atoms with Gasteiger partial charge >= 0.3 is 12.0 Å². The Morgan fingerprint density at radius 1 is 1.32 bits per heavy atom. The molecule has 0 spiro atoms. The molecule has 1 aromatic carbocycles. The molecule has 2 rings (SSSR count). The van der Waals surface area contributed by atoms with Crippen molar-refractivity contribution in [2.75, 3.05) is 5.32 Å². The molecule has 0 radical (unpaired) electrons. The molecule has 22 heavy (non-hydrogen) atoms. The van der Waals surface area contributed by atoms with E-state index in [1.165, 1.54) is 6.92 Å². The fourth-order valence-corrected chi connectivity index (χ4v) is 2.03. The molecule has 116 valence electrons. The lowest BCUT2D eigenvalue weighted by Crippen LogP contribution is -2.31. The number of carbonyl (C=O) groups excluding carboxylic acids is 1. The lowest BCUT2D eigenvalue weighted by atomic mass is 10.1. The van der Waals surface area contributed by atoms with Crippen LogP contribution in [0.1, 0.15) is 34.8 Å². The highest BCUT2D eigenvalue weighted by molar-refractivity contribution is 6.30. The summed E-state index contributed by atoms with van der Waals surface area (Å²) in [6.07, 6.45) is 0. The Hall–Kier alpha value is -2.54. The molecule has 0 aliphatic carbocycles. The van der Waals surface area contributed by atoms with Crippen LogP contribution >= 0.6 is 11.6 Å². The van der Waals surface area contributed by atoms with Crippen molar-refractivity contribution in [3.8, 4) is 0 Å². The molecule has 0 saturated heterocycles. The first-order valence-electron chi connectivity index (χ1n) is 6.41. The van der Waals surface area contributed by atoms with E-state index in [1.54, 1.807) is 31.2 Å². The van der Waals surface area contributed by atoms with E-state index in [2.05, 4.69) is 15.8 Å². The van der Waals surface area contributed by atoms with Crippen LogP contribution in [-0.4, -0.2) is 22.3 Å². The summed E-state index contributed by atoms with van der Waals surface area (Å²) in [6.45, 7) is 3.13. The van der Waals surface area contributed by atoms with Gasteiger partial charge in [0.15, 0.2) is 5.76 Å². The average molecular weight is 324 g/mol. The van der Waals surface area contributed by atoms with Gasteiger partial charge in [-0.05, 0) is 38.1 Å². The second-order valence-electron chi connectivity index (χ2n) is 4.64. The smallest absolute Gasteiger partial charge is 0.341 e. The predicted molar refractivity (Wildman–Crippen MR) is 80.2 cm³/mol. The number of hydrogen-bond acceptors (Lipinski definition) is 4. The number of amides is 2. The first kappa shape index (κ1) is 15.8. The third-order valence-corrected chi connectivity index (χ3v) is 3.20. The monoisotopic (exact) mass is 323 g/mol. The van der Waals surface area contributed by atoms with Crippen molar-refractivity contribution in [2.45, 2.75) is 19.9 Å². The van der Waals surface area contributed by atoms with E-state index in [0.29, 0.717) is 10.7 Å². The van der Waals surface area contributed by atoms with E-state index < -0.39 is 18.0 Å². The highest BCUT2D eigenvalue weighted by Crippen LogP contribution is 2.21. The van der Waals surface area contributed by atoms with Crippen molar-refractivity contribution in [2.24, 2.45) is 0 Å². The van der Waals surface area contributed by atoms with Crippen molar-refractivity contribution < 1.29 is 19.2 Å². The van der Waals surface area contributed by atoms with Gasteiger partial charge in [-0.3, -0.25) is 0 Å². The topological polar surface area (TPSA) is 104 Å². The van der Waals surface area contributed by atoms with Crippen molar-refractivity contribution >= 4 is 29.3 Å². The number of benzene rings is 1. The zero-order chi connectivity index (χ0) is 16.3. The fourth-order valence-electron chi connectivity index (χ4n) is 1.91. The van der Waals surface area contributed by atoms with E-state index in [9.17, 15) is 9.59 Å². The first-order valence-corrected chi connectivity index (χ1v) is 6.79. The number of aromatic carboxylic acids is 1. The molecule has 1 heterocycles. The van der Waals surface area contributed by atoms with Crippen molar-refractivity contribution in [3.05, 3.63) is 46.3 Å². The number of hydrogen-bond donors (Lipinski definition) is 3. The molecule has 7 nitrogen and oxygen atoms in total. The van der Waals surface area contributed by atoms with Gasteiger partial charge in [-0.25, -0.2) is 9.59 Å². The van der Waals surface area contributed by atoms with Gasteiger partial charge in [0.05, 0.1) is 11.7 Å². The molecule has 3 N–H and O–H groups in total. The number of halogens is 1. The SMILES string of the molecule is Cc1noc(C(C)NC(=O)Nc2ccc(Cl)cc2)c1C(=O)O. The number of aromatic nitrogens is 1. The number of carbonyl (C=O) groups is 2. The number of urea groups is 1. The quantitative estimate of drug-likeness (QED) is 0.801. The highest BCUT2D eigenvalue weighted by Gasteiger charge is 2.25. The van der Waals surface area contributed by atoms with Crippen LogP contribution < -0.4 is 10.6 Å². The zero-order valence-electron chi connectivity index (χ0n) is 11.9. The van der Waals surface area contributed by atoms with E-state index in [4.69, 9.17) is 21.2 Å². The molecule has 8 heteroatoms. The number of anilines is 1. The molecule has 0 aliphatic rings. The maximum absolute atomic E-state index is 11.9. The van der Waals surface area contributed by atoms with Gasteiger partial charge in [0.2, 0.25) is 0 Å². The number of carboxylic acid groups (broad SMARTS) is 1. The van der Waals surface area contributed by atoms with Gasteiger partial charge in [-0.15, -0.1) is 0 Å². The molecule has 1 unspecified atom stereocenters. The third-order valence-electron chi connectivity index (χ3n) is 2.95. The second kappa shape index (κ2) is 6.48. The Labute approximate surface area is 131 Å². The van der Waals surface area contributed by atoms with E-state index in [1.807, 2.05) is 0 Å². The minimum Gasteiger partial charge on any atom is -0.477 e.